The van der Waals surface area contributed by atoms with Gasteiger partial charge in [-0.3, -0.25) is 4.79 Å². The zero-order valence-corrected chi connectivity index (χ0v) is 12.3. The Morgan fingerprint density at radius 1 is 1.55 bits per heavy atom. The molecule has 116 valence electrons. The van der Waals surface area contributed by atoms with E-state index in [1.165, 1.54) is 22.2 Å². The lowest BCUT2D eigenvalue weighted by Gasteiger charge is -2.06. The summed E-state index contributed by atoms with van der Waals surface area (Å²) in [7, 11) is 0. The number of nitrogens with zero attached hydrogens (tertiary/aromatic N) is 3. The van der Waals surface area contributed by atoms with Gasteiger partial charge in [0.25, 0.3) is 0 Å². The third-order valence-electron chi connectivity index (χ3n) is 2.55. The van der Waals surface area contributed by atoms with Gasteiger partial charge in [0.1, 0.15) is 17.7 Å². The topological polar surface area (TPSA) is 116 Å². The predicted octanol–water partition coefficient (Wildman–Crippen LogP) is 1.67. The predicted molar refractivity (Wildman–Crippen MR) is 77.8 cm³/mol. The second-order valence-electron chi connectivity index (χ2n) is 4.09. The van der Waals surface area contributed by atoms with Gasteiger partial charge in [-0.15, -0.1) is 11.3 Å². The quantitative estimate of drug-likeness (QED) is 0.491. The number of anilines is 1. The van der Waals surface area contributed by atoms with Gasteiger partial charge in [-0.1, -0.05) is 0 Å². The van der Waals surface area contributed by atoms with Gasteiger partial charge >= 0.3 is 11.8 Å². The average molecular weight is 324 g/mol. The molecule has 0 bridgehead atoms. The van der Waals surface area contributed by atoms with Crippen LogP contribution >= 0.6 is 11.3 Å². The minimum Gasteiger partial charge on any atom is -0.462 e. The van der Waals surface area contributed by atoms with Crippen molar-refractivity contribution in [2.75, 3.05) is 11.9 Å². The molecule has 2 heterocycles. The summed E-state index contributed by atoms with van der Waals surface area (Å²) >= 11 is 1.19. The molecule has 10 heteroatoms. The van der Waals surface area contributed by atoms with E-state index in [4.69, 9.17) is 4.74 Å². The standard InChI is InChI=1S/C12H12N4O5S/c1-2-21-12(18)8-3-4-22-11(8)14-10(17)6-15-5-9(13-7-15)16(19)20/h3-5,7H,2,6H2,1H3,(H,14,17). The molecule has 0 saturated heterocycles. The third-order valence-corrected chi connectivity index (χ3v) is 3.38. The SMILES string of the molecule is CCOC(=O)c1ccsc1NC(=O)Cn1cnc([N+](=O)[O-])c1. The zero-order valence-electron chi connectivity index (χ0n) is 11.5. The van der Waals surface area contributed by atoms with Crippen molar-refractivity contribution in [1.82, 2.24) is 9.55 Å². The van der Waals surface area contributed by atoms with Gasteiger partial charge in [0.15, 0.2) is 0 Å². The number of ether oxygens (including phenoxy) is 1. The Labute approximate surface area is 128 Å². The van der Waals surface area contributed by atoms with E-state index in [0.29, 0.717) is 5.00 Å². The molecule has 0 aliphatic heterocycles. The van der Waals surface area contributed by atoms with Crippen LogP contribution < -0.4 is 5.32 Å². The molecule has 9 nitrogen and oxygen atoms in total. The fraction of sp³-hybridized carbons (Fsp3) is 0.250. The van der Waals surface area contributed by atoms with Crippen LogP contribution in [-0.2, 0) is 16.1 Å². The van der Waals surface area contributed by atoms with Crippen LogP contribution in [0.5, 0.6) is 0 Å². The minimum atomic E-state index is -0.646. The highest BCUT2D eigenvalue weighted by Crippen LogP contribution is 2.24. The van der Waals surface area contributed by atoms with Crippen LogP contribution in [0.25, 0.3) is 0 Å². The lowest BCUT2D eigenvalue weighted by molar-refractivity contribution is -0.389. The summed E-state index contributed by atoms with van der Waals surface area (Å²) in [5.74, 6) is -1.28. The first-order valence-electron chi connectivity index (χ1n) is 6.22. The number of nitro groups is 1. The van der Waals surface area contributed by atoms with Crippen molar-refractivity contribution in [3.63, 3.8) is 0 Å². The number of esters is 1. The molecule has 1 amide bonds. The maximum Gasteiger partial charge on any atom is 0.381 e. The number of carbonyl (C=O) groups is 2. The van der Waals surface area contributed by atoms with Crippen LogP contribution in [0.3, 0.4) is 0 Å². The number of nitrogens with one attached hydrogen (secondary N) is 1. The molecule has 2 aromatic heterocycles. The first-order valence-corrected chi connectivity index (χ1v) is 7.10. The van der Waals surface area contributed by atoms with Gasteiger partial charge in [-0.25, -0.2) is 4.79 Å². The van der Waals surface area contributed by atoms with E-state index in [1.807, 2.05) is 0 Å². The van der Waals surface area contributed by atoms with Crippen LogP contribution in [0.2, 0.25) is 0 Å². The van der Waals surface area contributed by atoms with E-state index < -0.39 is 16.8 Å². The fourth-order valence-corrected chi connectivity index (χ4v) is 2.43. The van der Waals surface area contributed by atoms with Gasteiger partial charge < -0.3 is 24.7 Å². The summed E-state index contributed by atoms with van der Waals surface area (Å²) in [5, 5.41) is 15.1. The van der Waals surface area contributed by atoms with Crippen molar-refractivity contribution in [2.24, 2.45) is 0 Å². The first kappa shape index (κ1) is 15.6. The van der Waals surface area contributed by atoms with Gasteiger partial charge in [-0.05, 0) is 28.3 Å². The summed E-state index contributed by atoms with van der Waals surface area (Å²) in [4.78, 5) is 37.0. The third kappa shape index (κ3) is 3.67. The lowest BCUT2D eigenvalue weighted by Crippen LogP contribution is -2.19. The van der Waals surface area contributed by atoms with Gasteiger partial charge in [-0.2, -0.15) is 0 Å². The highest BCUT2D eigenvalue weighted by atomic mass is 32.1. The molecule has 0 aliphatic carbocycles. The number of rotatable bonds is 6. The van der Waals surface area contributed by atoms with Crippen molar-refractivity contribution >= 4 is 34.0 Å². The first-order chi connectivity index (χ1) is 10.5. The van der Waals surface area contributed by atoms with Crippen molar-refractivity contribution in [3.8, 4) is 0 Å². The molecule has 0 unspecified atom stereocenters. The number of hydrogen-bond acceptors (Lipinski definition) is 7. The second-order valence-corrected chi connectivity index (χ2v) is 5.01. The maximum absolute atomic E-state index is 11.9. The van der Waals surface area contributed by atoms with Gasteiger partial charge in [0.2, 0.25) is 12.2 Å². The molecule has 22 heavy (non-hydrogen) atoms. The molecule has 0 spiro atoms. The molecule has 0 aromatic carbocycles. The number of thiophene rings is 1. The molecule has 2 rings (SSSR count). The highest BCUT2D eigenvalue weighted by molar-refractivity contribution is 7.14. The van der Waals surface area contributed by atoms with E-state index in [-0.39, 0.29) is 24.5 Å². The highest BCUT2D eigenvalue weighted by Gasteiger charge is 2.17. The molecule has 1 N–H and O–H groups in total. The molecular formula is C12H12N4O5S. The van der Waals surface area contributed by atoms with Crippen LogP contribution in [0.1, 0.15) is 17.3 Å². The van der Waals surface area contributed by atoms with Crippen molar-refractivity contribution in [3.05, 3.63) is 39.6 Å². The Hall–Kier alpha value is -2.75. The van der Waals surface area contributed by atoms with Crippen molar-refractivity contribution in [1.29, 1.82) is 0 Å². The maximum atomic E-state index is 11.9. The molecule has 0 atom stereocenters. The normalized spacial score (nSPS) is 10.2. The number of amides is 1. The number of aromatic nitrogens is 2. The lowest BCUT2D eigenvalue weighted by atomic mass is 10.3. The fourth-order valence-electron chi connectivity index (χ4n) is 1.64. The van der Waals surface area contributed by atoms with Crippen molar-refractivity contribution < 1.29 is 19.2 Å². The largest absolute Gasteiger partial charge is 0.462 e. The number of imidazole rings is 1. The molecule has 0 fully saturated rings. The molecule has 0 saturated carbocycles. The average Bonchev–Trinajstić information content (AvgIpc) is 3.08. The second kappa shape index (κ2) is 6.80. The van der Waals surface area contributed by atoms with E-state index in [2.05, 4.69) is 10.3 Å². The summed E-state index contributed by atoms with van der Waals surface area (Å²) in [6.45, 7) is 1.77. The van der Waals surface area contributed by atoms with Crippen LogP contribution in [-0.4, -0.2) is 33.0 Å². The Kier molecular flexibility index (Phi) is 4.84. The molecule has 0 radical (unpaired) electrons. The van der Waals surface area contributed by atoms with Crippen LogP contribution in [0.4, 0.5) is 10.8 Å². The summed E-state index contributed by atoms with van der Waals surface area (Å²) in [5.41, 5.74) is 0.275. The Morgan fingerprint density at radius 2 is 2.32 bits per heavy atom. The Morgan fingerprint density at radius 3 is 2.95 bits per heavy atom. The van der Waals surface area contributed by atoms with Crippen molar-refractivity contribution in [2.45, 2.75) is 13.5 Å². The molecule has 2 aromatic rings. The molecule has 0 aliphatic rings. The smallest absolute Gasteiger partial charge is 0.381 e. The van der Waals surface area contributed by atoms with Crippen LogP contribution in [0, 0.1) is 10.1 Å². The van der Waals surface area contributed by atoms with Gasteiger partial charge in [0, 0.05) is 0 Å². The number of hydrogen-bond donors (Lipinski definition) is 1. The van der Waals surface area contributed by atoms with Gasteiger partial charge in [0.05, 0.1) is 12.2 Å². The minimum absolute atomic E-state index is 0.152. The zero-order chi connectivity index (χ0) is 16.1. The van der Waals surface area contributed by atoms with E-state index in [1.54, 1.807) is 18.4 Å². The van der Waals surface area contributed by atoms with E-state index in [9.17, 15) is 19.7 Å². The van der Waals surface area contributed by atoms with Crippen LogP contribution in [0.15, 0.2) is 24.0 Å². The Balaban J connectivity index is 2.01. The molecular weight excluding hydrogens is 312 g/mol. The van der Waals surface area contributed by atoms with E-state index in [0.717, 1.165) is 6.20 Å². The Bertz CT molecular complexity index is 708. The summed E-state index contributed by atoms with van der Waals surface area (Å²) in [6, 6.07) is 1.56. The monoisotopic (exact) mass is 324 g/mol. The summed E-state index contributed by atoms with van der Waals surface area (Å²) in [6.07, 6.45) is 2.35. The number of carbonyl (C=O) groups excluding carboxylic acids is 2. The summed E-state index contributed by atoms with van der Waals surface area (Å²) < 4.78 is 6.17. The van der Waals surface area contributed by atoms with E-state index >= 15 is 0 Å².